The first-order chi connectivity index (χ1) is 17.0. The number of pyridine rings is 1. The second-order valence-corrected chi connectivity index (χ2v) is 8.69. The van der Waals surface area contributed by atoms with Crippen LogP contribution < -0.4 is 11.1 Å². The number of aromatic nitrogens is 1. The molecule has 2 aliphatic rings. The SMILES string of the molecule is Nc1nccc2c1CC(N1CCN(C(=O)c3ccc(/C=C/c4ccccc4[N+](=O)[O-])cc3)CC1)N2. The van der Waals surface area contributed by atoms with Crippen LogP contribution in [0.2, 0.25) is 0 Å². The van der Waals surface area contributed by atoms with Gasteiger partial charge in [-0.25, -0.2) is 4.98 Å². The number of benzene rings is 2. The lowest BCUT2D eigenvalue weighted by atomic mass is 10.1. The van der Waals surface area contributed by atoms with E-state index in [1.807, 2.05) is 29.2 Å². The Morgan fingerprint density at radius 2 is 1.80 bits per heavy atom. The average molecular weight is 471 g/mol. The molecule has 0 radical (unpaired) electrons. The first-order valence-electron chi connectivity index (χ1n) is 11.5. The van der Waals surface area contributed by atoms with Gasteiger partial charge >= 0.3 is 0 Å². The highest BCUT2D eigenvalue weighted by Gasteiger charge is 2.31. The third-order valence-corrected chi connectivity index (χ3v) is 6.60. The van der Waals surface area contributed by atoms with E-state index >= 15 is 0 Å². The van der Waals surface area contributed by atoms with E-state index in [4.69, 9.17) is 5.73 Å². The number of anilines is 2. The highest BCUT2D eigenvalue weighted by Crippen LogP contribution is 2.30. The van der Waals surface area contributed by atoms with Crippen LogP contribution in [0.15, 0.2) is 60.8 Å². The normalized spacial score (nSPS) is 17.8. The molecule has 1 atom stereocenters. The van der Waals surface area contributed by atoms with E-state index in [2.05, 4.69) is 15.2 Å². The molecule has 0 bridgehead atoms. The number of carbonyl (C=O) groups excluding carboxylic acids is 1. The molecule has 35 heavy (non-hydrogen) atoms. The number of nitrogen functional groups attached to an aromatic ring is 1. The van der Waals surface area contributed by atoms with Crippen molar-refractivity contribution in [3.05, 3.63) is 93.2 Å². The van der Waals surface area contributed by atoms with Crippen molar-refractivity contribution >= 4 is 35.3 Å². The number of amides is 1. The number of nitrogens with zero attached hydrogens (tertiary/aromatic N) is 4. The molecular weight excluding hydrogens is 444 g/mol. The molecule has 1 fully saturated rings. The number of nitro benzene ring substituents is 1. The Labute approximate surface area is 203 Å². The van der Waals surface area contributed by atoms with Crippen molar-refractivity contribution in [2.24, 2.45) is 0 Å². The Bertz CT molecular complexity index is 1280. The second-order valence-electron chi connectivity index (χ2n) is 8.69. The van der Waals surface area contributed by atoms with Gasteiger partial charge in [0.25, 0.3) is 11.6 Å². The topological polar surface area (TPSA) is 118 Å². The monoisotopic (exact) mass is 470 g/mol. The molecule has 1 amide bonds. The molecule has 2 aromatic carbocycles. The molecule has 1 saturated heterocycles. The van der Waals surface area contributed by atoms with Crippen LogP contribution in [0, 0.1) is 10.1 Å². The fourth-order valence-corrected chi connectivity index (χ4v) is 4.64. The third kappa shape index (κ3) is 4.71. The van der Waals surface area contributed by atoms with Crippen molar-refractivity contribution in [1.29, 1.82) is 0 Å². The van der Waals surface area contributed by atoms with E-state index in [1.54, 1.807) is 42.6 Å². The van der Waals surface area contributed by atoms with Gasteiger partial charge in [0.1, 0.15) is 5.82 Å². The van der Waals surface area contributed by atoms with Gasteiger partial charge in [0.15, 0.2) is 0 Å². The van der Waals surface area contributed by atoms with E-state index < -0.39 is 4.92 Å². The minimum absolute atomic E-state index is 0.00925. The van der Waals surface area contributed by atoms with Gasteiger partial charge in [-0.3, -0.25) is 19.8 Å². The molecule has 1 unspecified atom stereocenters. The molecule has 3 heterocycles. The van der Waals surface area contributed by atoms with Gasteiger partial charge in [-0.05, 0) is 35.9 Å². The summed E-state index contributed by atoms with van der Waals surface area (Å²) in [5, 5.41) is 14.7. The van der Waals surface area contributed by atoms with Gasteiger partial charge in [0.2, 0.25) is 0 Å². The molecule has 0 saturated carbocycles. The fourth-order valence-electron chi connectivity index (χ4n) is 4.64. The second kappa shape index (κ2) is 9.55. The van der Waals surface area contributed by atoms with Crippen molar-refractivity contribution in [2.75, 3.05) is 37.2 Å². The number of nitro groups is 1. The molecular formula is C26H26N6O3. The number of hydrogen-bond donors (Lipinski definition) is 2. The van der Waals surface area contributed by atoms with E-state index in [1.165, 1.54) is 6.07 Å². The lowest BCUT2D eigenvalue weighted by molar-refractivity contribution is -0.385. The number of nitrogens with two attached hydrogens (primary N) is 1. The lowest BCUT2D eigenvalue weighted by Gasteiger charge is -2.38. The number of fused-ring (bicyclic) bond motifs is 1. The Kier molecular flexibility index (Phi) is 6.15. The van der Waals surface area contributed by atoms with Gasteiger partial charge in [-0.15, -0.1) is 0 Å². The molecule has 2 aliphatic heterocycles. The minimum atomic E-state index is -0.393. The summed E-state index contributed by atoms with van der Waals surface area (Å²) in [5.74, 6) is 0.585. The summed E-state index contributed by atoms with van der Waals surface area (Å²) in [7, 11) is 0. The maximum Gasteiger partial charge on any atom is 0.276 e. The third-order valence-electron chi connectivity index (χ3n) is 6.60. The molecule has 178 valence electrons. The molecule has 1 aromatic heterocycles. The lowest BCUT2D eigenvalue weighted by Crippen LogP contribution is -2.53. The van der Waals surface area contributed by atoms with Gasteiger partial charge < -0.3 is 16.0 Å². The molecule has 9 nitrogen and oxygen atoms in total. The van der Waals surface area contributed by atoms with Crippen LogP contribution in [0.3, 0.4) is 0 Å². The fraction of sp³-hybridized carbons (Fsp3) is 0.231. The van der Waals surface area contributed by atoms with E-state index in [9.17, 15) is 14.9 Å². The van der Waals surface area contributed by atoms with Gasteiger partial charge in [-0.2, -0.15) is 0 Å². The summed E-state index contributed by atoms with van der Waals surface area (Å²) in [4.78, 5) is 32.2. The van der Waals surface area contributed by atoms with Crippen LogP contribution in [0.1, 0.15) is 27.0 Å². The quantitative estimate of drug-likeness (QED) is 0.333. The van der Waals surface area contributed by atoms with Crippen LogP contribution in [0.5, 0.6) is 0 Å². The van der Waals surface area contributed by atoms with Crippen molar-refractivity contribution in [2.45, 2.75) is 12.6 Å². The number of carbonyl (C=O) groups is 1. The zero-order valence-corrected chi connectivity index (χ0v) is 19.1. The number of hydrogen-bond acceptors (Lipinski definition) is 7. The number of nitrogens with one attached hydrogen (secondary N) is 1. The standard InChI is InChI=1S/C26H26N6O3/c27-25-21-17-24(29-22(21)11-12-28-25)30-13-15-31(16-14-30)26(33)20-9-6-18(7-10-20)5-8-19-3-1-2-4-23(19)32(34)35/h1-12,24,29H,13-17H2,(H2,27,28)/b8-5+. The molecule has 3 aromatic rings. The first kappa shape index (κ1) is 22.5. The highest BCUT2D eigenvalue weighted by molar-refractivity contribution is 5.94. The number of piperazine rings is 1. The average Bonchev–Trinajstić information content (AvgIpc) is 3.33. The summed E-state index contributed by atoms with van der Waals surface area (Å²) < 4.78 is 0. The van der Waals surface area contributed by atoms with Crippen molar-refractivity contribution < 1.29 is 9.72 Å². The van der Waals surface area contributed by atoms with Crippen LogP contribution in [-0.4, -0.2) is 58.0 Å². The molecule has 0 spiro atoms. The van der Waals surface area contributed by atoms with Gasteiger partial charge in [0, 0.05) is 61.7 Å². The minimum Gasteiger partial charge on any atom is -0.383 e. The zero-order valence-electron chi connectivity index (χ0n) is 19.1. The zero-order chi connectivity index (χ0) is 24.4. The van der Waals surface area contributed by atoms with Crippen LogP contribution in [0.25, 0.3) is 12.2 Å². The molecule has 5 rings (SSSR count). The van der Waals surface area contributed by atoms with E-state index in [0.717, 1.165) is 36.3 Å². The summed E-state index contributed by atoms with van der Waals surface area (Å²) in [6, 6.07) is 15.9. The summed E-state index contributed by atoms with van der Waals surface area (Å²) in [5.41, 5.74) is 10.2. The van der Waals surface area contributed by atoms with Crippen molar-refractivity contribution in [3.8, 4) is 0 Å². The van der Waals surface area contributed by atoms with Crippen molar-refractivity contribution in [1.82, 2.24) is 14.8 Å². The van der Waals surface area contributed by atoms with Crippen molar-refractivity contribution in [3.63, 3.8) is 0 Å². The number of rotatable bonds is 5. The first-order valence-corrected chi connectivity index (χ1v) is 11.5. The summed E-state index contributed by atoms with van der Waals surface area (Å²) >= 11 is 0. The van der Waals surface area contributed by atoms with E-state index in [0.29, 0.717) is 30.0 Å². The van der Waals surface area contributed by atoms with Gasteiger partial charge in [-0.1, -0.05) is 30.3 Å². The number of para-hydroxylation sites is 1. The predicted octanol–water partition coefficient (Wildman–Crippen LogP) is 3.49. The van der Waals surface area contributed by atoms with Crippen LogP contribution in [-0.2, 0) is 6.42 Å². The largest absolute Gasteiger partial charge is 0.383 e. The predicted molar refractivity (Wildman–Crippen MR) is 136 cm³/mol. The maximum atomic E-state index is 13.0. The highest BCUT2D eigenvalue weighted by atomic mass is 16.6. The van der Waals surface area contributed by atoms with Crippen LogP contribution >= 0.6 is 0 Å². The Hall–Kier alpha value is -4.24. The Morgan fingerprint density at radius 3 is 2.51 bits per heavy atom. The van der Waals surface area contributed by atoms with Crippen LogP contribution in [0.4, 0.5) is 17.2 Å². The molecule has 3 N–H and O–H groups in total. The Balaban J connectivity index is 1.18. The molecule has 9 heteroatoms. The summed E-state index contributed by atoms with van der Waals surface area (Å²) in [6.07, 6.45) is 6.22. The Morgan fingerprint density at radius 1 is 1.06 bits per heavy atom. The smallest absolute Gasteiger partial charge is 0.276 e. The molecule has 0 aliphatic carbocycles. The summed E-state index contributed by atoms with van der Waals surface area (Å²) in [6.45, 7) is 2.86. The maximum absolute atomic E-state index is 13.0. The van der Waals surface area contributed by atoms with E-state index in [-0.39, 0.29) is 17.8 Å². The van der Waals surface area contributed by atoms with Gasteiger partial charge in [0.05, 0.1) is 16.7 Å².